The number of pyridine rings is 1. The van der Waals surface area contributed by atoms with Crippen molar-refractivity contribution in [3.63, 3.8) is 0 Å². The number of nitrogens with one attached hydrogen (secondary N) is 2. The molecule has 3 heterocycles. The van der Waals surface area contributed by atoms with E-state index in [-0.39, 0.29) is 5.88 Å². The number of para-hydroxylation sites is 1. The smallest absolute Gasteiger partial charge is 0.198 e. The molecule has 3 aromatic heterocycles. The molecule has 4 rings (SSSR count). The minimum absolute atomic E-state index is 0.0977. The van der Waals surface area contributed by atoms with Gasteiger partial charge in [-0.2, -0.15) is 5.10 Å². The van der Waals surface area contributed by atoms with Gasteiger partial charge in [-0.3, -0.25) is 5.10 Å². The number of aromatic nitrogens is 4. The van der Waals surface area contributed by atoms with E-state index in [0.717, 1.165) is 33.2 Å². The van der Waals surface area contributed by atoms with Crippen LogP contribution in [0.1, 0.15) is 16.8 Å². The molecule has 1 aromatic carbocycles. The lowest BCUT2D eigenvalue weighted by atomic mass is 10.1. The van der Waals surface area contributed by atoms with Crippen LogP contribution in [-0.2, 0) is 0 Å². The van der Waals surface area contributed by atoms with Crippen LogP contribution in [0.2, 0.25) is 0 Å². The normalized spacial score (nSPS) is 11.9. The Balaban J connectivity index is 1.84. The number of hydrogen-bond donors (Lipinski definition) is 3. The molecule has 23 heavy (non-hydrogen) atoms. The maximum atomic E-state index is 10.1. The van der Waals surface area contributed by atoms with Gasteiger partial charge in [-0.25, -0.2) is 9.98 Å². The summed E-state index contributed by atoms with van der Waals surface area (Å²) in [5.41, 5.74) is 4.24. The highest BCUT2D eigenvalue weighted by atomic mass is 16.3. The minimum Gasteiger partial charge on any atom is -0.494 e. The summed E-state index contributed by atoms with van der Waals surface area (Å²) in [6.45, 7) is 3.95. The monoisotopic (exact) mass is 305 g/mol. The fourth-order valence-electron chi connectivity index (χ4n) is 2.86. The fraction of sp³-hybridized carbons (Fsp3) is 0.118. The zero-order chi connectivity index (χ0) is 16.0. The lowest BCUT2D eigenvalue weighted by molar-refractivity contribution is 0.457. The summed E-state index contributed by atoms with van der Waals surface area (Å²) in [5.74, 6) is 0.662. The maximum absolute atomic E-state index is 10.1. The molecule has 0 bridgehead atoms. The van der Waals surface area contributed by atoms with Crippen molar-refractivity contribution >= 4 is 34.0 Å². The number of nitrogens with zero attached hydrogens (tertiary/aromatic N) is 3. The number of aliphatic imine (C=N–C) groups is 1. The number of aromatic amines is 2. The molecule has 0 atom stereocenters. The van der Waals surface area contributed by atoms with Crippen LogP contribution in [-0.4, -0.2) is 31.5 Å². The Morgan fingerprint density at radius 3 is 2.91 bits per heavy atom. The third-order valence-corrected chi connectivity index (χ3v) is 3.88. The van der Waals surface area contributed by atoms with Crippen molar-refractivity contribution < 1.29 is 5.11 Å². The van der Waals surface area contributed by atoms with Gasteiger partial charge in [0.25, 0.3) is 0 Å². The van der Waals surface area contributed by atoms with Gasteiger partial charge >= 0.3 is 0 Å². The average molecular weight is 305 g/mol. The highest BCUT2D eigenvalue weighted by molar-refractivity contribution is 6.03. The van der Waals surface area contributed by atoms with Gasteiger partial charge < -0.3 is 10.1 Å². The second kappa shape index (κ2) is 4.95. The first-order chi connectivity index (χ1) is 11.1. The van der Waals surface area contributed by atoms with Crippen LogP contribution < -0.4 is 0 Å². The quantitative estimate of drug-likeness (QED) is 0.495. The first kappa shape index (κ1) is 13.5. The van der Waals surface area contributed by atoms with Crippen LogP contribution in [0.15, 0.2) is 35.3 Å². The summed E-state index contributed by atoms with van der Waals surface area (Å²) in [6, 6.07) is 9.68. The van der Waals surface area contributed by atoms with E-state index >= 15 is 0 Å². The number of hydrogen-bond acceptors (Lipinski definition) is 4. The van der Waals surface area contributed by atoms with E-state index in [1.54, 1.807) is 6.21 Å². The van der Waals surface area contributed by atoms with Gasteiger partial charge in [-0.05, 0) is 31.5 Å². The van der Waals surface area contributed by atoms with Gasteiger partial charge in [0.15, 0.2) is 17.3 Å². The molecule has 0 spiro atoms. The van der Waals surface area contributed by atoms with Crippen molar-refractivity contribution in [3.8, 4) is 5.88 Å². The summed E-state index contributed by atoms with van der Waals surface area (Å²) in [5, 5.41) is 19.0. The molecule has 0 fully saturated rings. The van der Waals surface area contributed by atoms with Gasteiger partial charge in [-0.15, -0.1) is 0 Å². The van der Waals surface area contributed by atoms with Crippen LogP contribution in [0.3, 0.4) is 0 Å². The Morgan fingerprint density at radius 2 is 2.04 bits per heavy atom. The highest BCUT2D eigenvalue weighted by Crippen LogP contribution is 2.28. The first-order valence-electron chi connectivity index (χ1n) is 7.29. The summed E-state index contributed by atoms with van der Waals surface area (Å²) in [6.07, 6.45) is 1.63. The lowest BCUT2D eigenvalue weighted by Gasteiger charge is -1.98. The fourth-order valence-corrected chi connectivity index (χ4v) is 2.86. The Hall–Kier alpha value is -3.15. The number of benzene rings is 1. The minimum atomic E-state index is 0.0977. The second-order valence-corrected chi connectivity index (χ2v) is 5.54. The largest absolute Gasteiger partial charge is 0.494 e. The number of rotatable bonds is 2. The molecule has 0 radical (unpaired) electrons. The van der Waals surface area contributed by atoms with Crippen molar-refractivity contribution in [2.24, 2.45) is 4.99 Å². The number of fused-ring (bicyclic) bond motifs is 2. The van der Waals surface area contributed by atoms with Crippen molar-refractivity contribution in [2.45, 2.75) is 13.8 Å². The molecular formula is C17H15N5O. The van der Waals surface area contributed by atoms with Crippen molar-refractivity contribution in [3.05, 3.63) is 47.2 Å². The van der Waals surface area contributed by atoms with Gasteiger partial charge in [0.1, 0.15) is 0 Å². The Kier molecular flexibility index (Phi) is 2.90. The molecule has 114 valence electrons. The lowest BCUT2D eigenvalue weighted by Crippen LogP contribution is -1.85. The maximum Gasteiger partial charge on any atom is 0.198 e. The molecule has 0 aliphatic carbocycles. The van der Waals surface area contributed by atoms with E-state index in [0.29, 0.717) is 11.4 Å². The number of aryl methyl sites for hydroxylation is 2. The Labute approximate surface area is 131 Å². The van der Waals surface area contributed by atoms with E-state index in [2.05, 4.69) is 25.2 Å². The zero-order valence-corrected chi connectivity index (χ0v) is 12.8. The van der Waals surface area contributed by atoms with Crippen LogP contribution in [0.5, 0.6) is 5.88 Å². The van der Waals surface area contributed by atoms with Crippen LogP contribution in [0.4, 0.5) is 5.82 Å². The summed E-state index contributed by atoms with van der Waals surface area (Å²) < 4.78 is 0. The van der Waals surface area contributed by atoms with E-state index < -0.39 is 0 Å². The SMILES string of the molecule is Cc1cc(C)c2c(N=Cc3c(O)[nH]c4ccccc34)n[nH]c2n1. The molecular weight excluding hydrogens is 290 g/mol. The van der Waals surface area contributed by atoms with Crippen LogP contribution >= 0.6 is 0 Å². The molecule has 0 amide bonds. The molecule has 0 aliphatic rings. The molecule has 0 saturated heterocycles. The zero-order valence-electron chi connectivity index (χ0n) is 12.8. The van der Waals surface area contributed by atoms with Gasteiger partial charge in [-0.1, -0.05) is 18.2 Å². The van der Waals surface area contributed by atoms with Gasteiger partial charge in [0, 0.05) is 22.8 Å². The van der Waals surface area contributed by atoms with E-state index in [4.69, 9.17) is 0 Å². The van der Waals surface area contributed by atoms with Crippen LogP contribution in [0.25, 0.3) is 21.9 Å². The summed E-state index contributed by atoms with van der Waals surface area (Å²) >= 11 is 0. The van der Waals surface area contributed by atoms with E-state index in [1.807, 2.05) is 44.2 Å². The highest BCUT2D eigenvalue weighted by Gasteiger charge is 2.11. The molecule has 0 saturated carbocycles. The topological polar surface area (TPSA) is 90.0 Å². The van der Waals surface area contributed by atoms with Crippen molar-refractivity contribution in [1.29, 1.82) is 0 Å². The number of H-pyrrole nitrogens is 2. The number of aromatic hydroxyl groups is 1. The predicted molar refractivity (Wildman–Crippen MR) is 90.6 cm³/mol. The average Bonchev–Trinajstić information content (AvgIpc) is 3.05. The van der Waals surface area contributed by atoms with Gasteiger partial charge in [0.2, 0.25) is 0 Å². The summed E-state index contributed by atoms with van der Waals surface area (Å²) in [4.78, 5) is 11.8. The van der Waals surface area contributed by atoms with E-state index in [9.17, 15) is 5.11 Å². The summed E-state index contributed by atoms with van der Waals surface area (Å²) in [7, 11) is 0. The third kappa shape index (κ3) is 2.15. The molecule has 3 N–H and O–H groups in total. The second-order valence-electron chi connectivity index (χ2n) is 5.54. The molecule has 0 unspecified atom stereocenters. The molecule has 6 heteroatoms. The molecule has 4 aromatic rings. The van der Waals surface area contributed by atoms with Crippen LogP contribution in [0, 0.1) is 13.8 Å². The van der Waals surface area contributed by atoms with E-state index in [1.165, 1.54) is 0 Å². The molecule has 0 aliphatic heterocycles. The van der Waals surface area contributed by atoms with Crippen molar-refractivity contribution in [2.75, 3.05) is 0 Å². The first-order valence-corrected chi connectivity index (χ1v) is 7.29. The van der Waals surface area contributed by atoms with Gasteiger partial charge in [0.05, 0.1) is 10.9 Å². The molecule has 6 nitrogen and oxygen atoms in total. The Bertz CT molecular complexity index is 1060. The predicted octanol–water partition coefficient (Wildman–Crippen LogP) is 3.51. The Morgan fingerprint density at radius 1 is 1.22 bits per heavy atom. The third-order valence-electron chi connectivity index (χ3n) is 3.88. The standard InChI is InChI=1S/C17H15N5O/c1-9-7-10(2)19-16-14(9)15(21-22-16)18-8-12-11-5-3-4-6-13(11)20-17(12)23/h3-8,20,23H,1-2H3,(H,19,21,22). The van der Waals surface area contributed by atoms with Crippen molar-refractivity contribution in [1.82, 2.24) is 20.2 Å².